The molecule has 0 bridgehead atoms. The number of hydrogen-bond donors (Lipinski definition) is 1. The Labute approximate surface area is 114 Å². The zero-order valence-corrected chi connectivity index (χ0v) is 11.3. The van der Waals surface area contributed by atoms with Crippen LogP contribution in [0.2, 0.25) is 0 Å². The van der Waals surface area contributed by atoms with E-state index in [1.54, 1.807) is 0 Å². The van der Waals surface area contributed by atoms with Gasteiger partial charge in [-0.3, -0.25) is 4.79 Å². The van der Waals surface area contributed by atoms with E-state index in [2.05, 4.69) is 12.1 Å². The van der Waals surface area contributed by atoms with Crippen LogP contribution in [0.5, 0.6) is 0 Å². The van der Waals surface area contributed by atoms with Gasteiger partial charge in [-0.05, 0) is 37.7 Å². The van der Waals surface area contributed by atoms with Gasteiger partial charge in [0.15, 0.2) is 0 Å². The van der Waals surface area contributed by atoms with E-state index >= 15 is 0 Å². The molecule has 3 heteroatoms. The van der Waals surface area contributed by atoms with E-state index in [-0.39, 0.29) is 0 Å². The van der Waals surface area contributed by atoms with E-state index < -0.39 is 11.4 Å². The molecule has 0 amide bonds. The minimum absolute atomic E-state index is 0.383. The van der Waals surface area contributed by atoms with Crippen LogP contribution in [-0.4, -0.2) is 24.3 Å². The highest BCUT2D eigenvalue weighted by Gasteiger charge is 2.39. The summed E-state index contributed by atoms with van der Waals surface area (Å²) >= 11 is 0. The number of ether oxygens (including phenoxy) is 1. The Morgan fingerprint density at radius 2 is 2.05 bits per heavy atom. The Balaban J connectivity index is 1.78. The van der Waals surface area contributed by atoms with Crippen molar-refractivity contribution in [2.24, 2.45) is 5.41 Å². The summed E-state index contributed by atoms with van der Waals surface area (Å²) in [5, 5.41) is 9.43. The predicted molar refractivity (Wildman–Crippen MR) is 74.1 cm³/mol. The van der Waals surface area contributed by atoms with E-state index in [0.717, 1.165) is 38.5 Å². The second-order valence-electron chi connectivity index (χ2n) is 5.43. The van der Waals surface area contributed by atoms with E-state index in [9.17, 15) is 9.90 Å². The van der Waals surface area contributed by atoms with E-state index in [1.807, 2.05) is 18.2 Å². The molecule has 1 aliphatic heterocycles. The number of aliphatic carboxylic acids is 1. The molecule has 1 aromatic carbocycles. The van der Waals surface area contributed by atoms with Gasteiger partial charge in [0.05, 0.1) is 12.0 Å². The number of carbonyl (C=O) groups is 1. The zero-order valence-electron chi connectivity index (χ0n) is 11.3. The van der Waals surface area contributed by atoms with Crippen LogP contribution >= 0.6 is 0 Å². The van der Waals surface area contributed by atoms with E-state index in [0.29, 0.717) is 13.2 Å². The maximum Gasteiger partial charge on any atom is 0.311 e. The van der Waals surface area contributed by atoms with Gasteiger partial charge in [0.25, 0.3) is 0 Å². The lowest BCUT2D eigenvalue weighted by atomic mass is 9.78. The molecule has 1 unspecified atom stereocenters. The molecule has 1 fully saturated rings. The highest BCUT2D eigenvalue weighted by molar-refractivity contribution is 5.74. The van der Waals surface area contributed by atoms with Crippen LogP contribution in [0, 0.1) is 5.41 Å². The Kier molecular flexibility index (Phi) is 4.97. The van der Waals surface area contributed by atoms with Crippen molar-refractivity contribution in [1.82, 2.24) is 0 Å². The standard InChI is InChI=1S/C16H22O3/c17-15(18)16(11-6-12-19-13-16)10-5-4-9-14-7-2-1-3-8-14/h1-3,7-8H,4-6,9-13H2,(H,17,18). The van der Waals surface area contributed by atoms with Gasteiger partial charge < -0.3 is 9.84 Å². The summed E-state index contributed by atoms with van der Waals surface area (Å²) < 4.78 is 5.38. The predicted octanol–water partition coefficient (Wildman–Crippen LogP) is 3.28. The number of aryl methyl sites for hydroxylation is 1. The Morgan fingerprint density at radius 1 is 1.26 bits per heavy atom. The van der Waals surface area contributed by atoms with Crippen LogP contribution < -0.4 is 0 Å². The van der Waals surface area contributed by atoms with Gasteiger partial charge in [0.2, 0.25) is 0 Å². The van der Waals surface area contributed by atoms with Gasteiger partial charge in [-0.2, -0.15) is 0 Å². The highest BCUT2D eigenvalue weighted by Crippen LogP contribution is 2.34. The van der Waals surface area contributed by atoms with E-state index in [1.165, 1.54) is 5.56 Å². The lowest BCUT2D eigenvalue weighted by Gasteiger charge is -2.33. The van der Waals surface area contributed by atoms with Crippen LogP contribution in [0.4, 0.5) is 0 Å². The van der Waals surface area contributed by atoms with Crippen molar-refractivity contribution in [3.63, 3.8) is 0 Å². The highest BCUT2D eigenvalue weighted by atomic mass is 16.5. The summed E-state index contributed by atoms with van der Waals surface area (Å²) in [5.74, 6) is -0.688. The van der Waals surface area contributed by atoms with E-state index in [4.69, 9.17) is 4.74 Å². The fraction of sp³-hybridized carbons (Fsp3) is 0.562. The molecular formula is C16H22O3. The first kappa shape index (κ1) is 14.1. The maximum atomic E-state index is 11.5. The fourth-order valence-electron chi connectivity index (χ4n) is 2.76. The zero-order chi connectivity index (χ0) is 13.6. The molecule has 104 valence electrons. The Morgan fingerprint density at radius 3 is 2.68 bits per heavy atom. The number of rotatable bonds is 6. The fourth-order valence-corrected chi connectivity index (χ4v) is 2.76. The Hall–Kier alpha value is -1.35. The summed E-state index contributed by atoms with van der Waals surface area (Å²) in [5.41, 5.74) is 0.696. The topological polar surface area (TPSA) is 46.5 Å². The van der Waals surface area contributed by atoms with Crippen molar-refractivity contribution in [2.45, 2.75) is 38.5 Å². The molecule has 0 radical (unpaired) electrons. The second kappa shape index (κ2) is 6.71. The van der Waals surface area contributed by atoms with Crippen molar-refractivity contribution >= 4 is 5.97 Å². The molecule has 1 aromatic rings. The maximum absolute atomic E-state index is 11.5. The molecule has 1 heterocycles. The summed E-state index contributed by atoms with van der Waals surface area (Å²) in [6.07, 6.45) is 5.37. The van der Waals surface area contributed by atoms with Gasteiger partial charge >= 0.3 is 5.97 Å². The number of carboxylic acid groups (broad SMARTS) is 1. The third-order valence-electron chi connectivity index (χ3n) is 3.99. The van der Waals surface area contributed by atoms with Gasteiger partial charge in [-0.25, -0.2) is 0 Å². The number of hydrogen-bond acceptors (Lipinski definition) is 2. The van der Waals surface area contributed by atoms with Crippen molar-refractivity contribution < 1.29 is 14.6 Å². The number of unbranched alkanes of at least 4 members (excludes halogenated alkanes) is 1. The molecule has 1 N–H and O–H groups in total. The molecule has 3 nitrogen and oxygen atoms in total. The first-order valence-corrected chi connectivity index (χ1v) is 7.08. The summed E-state index contributed by atoms with van der Waals surface area (Å²) in [7, 11) is 0. The third-order valence-corrected chi connectivity index (χ3v) is 3.99. The third kappa shape index (κ3) is 3.80. The monoisotopic (exact) mass is 262 g/mol. The van der Waals surface area contributed by atoms with Crippen LogP contribution in [0.25, 0.3) is 0 Å². The van der Waals surface area contributed by atoms with Crippen molar-refractivity contribution in [2.75, 3.05) is 13.2 Å². The summed E-state index contributed by atoms with van der Waals surface area (Å²) in [6, 6.07) is 10.3. The average Bonchev–Trinajstić information content (AvgIpc) is 2.46. The first-order valence-electron chi connectivity index (χ1n) is 7.08. The van der Waals surface area contributed by atoms with Gasteiger partial charge in [0, 0.05) is 6.61 Å². The lowest BCUT2D eigenvalue weighted by molar-refractivity contribution is -0.158. The molecular weight excluding hydrogens is 240 g/mol. The quantitative estimate of drug-likeness (QED) is 0.800. The molecule has 0 saturated carbocycles. The van der Waals surface area contributed by atoms with Crippen LogP contribution in [-0.2, 0) is 16.0 Å². The molecule has 19 heavy (non-hydrogen) atoms. The molecule has 2 rings (SSSR count). The van der Waals surface area contributed by atoms with Crippen molar-refractivity contribution in [3.8, 4) is 0 Å². The lowest BCUT2D eigenvalue weighted by Crippen LogP contribution is -2.39. The smallest absolute Gasteiger partial charge is 0.311 e. The van der Waals surface area contributed by atoms with Gasteiger partial charge in [-0.1, -0.05) is 36.8 Å². The normalized spacial score (nSPS) is 23.2. The molecule has 0 aliphatic carbocycles. The number of benzene rings is 1. The molecule has 1 aliphatic rings. The summed E-state index contributed by atoms with van der Waals surface area (Å²) in [4.78, 5) is 11.5. The Bertz CT molecular complexity index is 394. The molecule has 1 saturated heterocycles. The van der Waals surface area contributed by atoms with Crippen molar-refractivity contribution in [3.05, 3.63) is 35.9 Å². The van der Waals surface area contributed by atoms with Gasteiger partial charge in [0.1, 0.15) is 0 Å². The SMILES string of the molecule is O=C(O)C1(CCCCc2ccccc2)CCCOC1. The van der Waals surface area contributed by atoms with Crippen LogP contribution in [0.1, 0.15) is 37.7 Å². The second-order valence-corrected chi connectivity index (χ2v) is 5.43. The first-order chi connectivity index (χ1) is 9.23. The molecule has 1 atom stereocenters. The average molecular weight is 262 g/mol. The summed E-state index contributed by atoms with van der Waals surface area (Å²) in [6.45, 7) is 1.09. The van der Waals surface area contributed by atoms with Crippen LogP contribution in [0.3, 0.4) is 0 Å². The van der Waals surface area contributed by atoms with Crippen molar-refractivity contribution in [1.29, 1.82) is 0 Å². The molecule has 0 spiro atoms. The van der Waals surface area contributed by atoms with Crippen LogP contribution in [0.15, 0.2) is 30.3 Å². The van der Waals surface area contributed by atoms with Gasteiger partial charge in [-0.15, -0.1) is 0 Å². The largest absolute Gasteiger partial charge is 0.481 e. The molecule has 0 aromatic heterocycles. The minimum atomic E-state index is -0.688. The number of carboxylic acids is 1. The minimum Gasteiger partial charge on any atom is -0.481 e.